The quantitative estimate of drug-likeness (QED) is 0.511. The van der Waals surface area contributed by atoms with E-state index in [9.17, 15) is 4.79 Å². The predicted molar refractivity (Wildman–Crippen MR) is 63.8 cm³/mol. The molecule has 0 aliphatic rings. The Bertz CT molecular complexity index is 344. The van der Waals surface area contributed by atoms with Crippen LogP contribution in [0.2, 0.25) is 0 Å². The van der Waals surface area contributed by atoms with Gasteiger partial charge < -0.3 is 4.79 Å². The molecule has 72 valence electrons. The van der Waals surface area contributed by atoms with Crippen molar-refractivity contribution in [2.45, 2.75) is 20.3 Å². The molecule has 0 radical (unpaired) electrons. The summed E-state index contributed by atoms with van der Waals surface area (Å²) in [5, 5.41) is 0. The van der Waals surface area contributed by atoms with Gasteiger partial charge in [-0.1, -0.05) is 29.7 Å². The second kappa shape index (κ2) is 4.80. The van der Waals surface area contributed by atoms with Gasteiger partial charge in [0.05, 0.1) is 0 Å². The number of benzene rings is 1. The van der Waals surface area contributed by atoms with Crippen molar-refractivity contribution in [1.29, 1.82) is 0 Å². The summed E-state index contributed by atoms with van der Waals surface area (Å²) in [7, 11) is 2.10. The topological polar surface area (TPSA) is 17.1 Å². The molecule has 1 nitrogen and oxygen atoms in total. The fourth-order valence-electron chi connectivity index (χ4n) is 1.70. The summed E-state index contributed by atoms with van der Waals surface area (Å²) in [5.41, 5.74) is 5.05. The van der Waals surface area contributed by atoms with Crippen LogP contribution < -0.4 is 5.46 Å². The lowest BCUT2D eigenvalue weighted by Crippen LogP contribution is -2.05. The molecular weight excluding hydrogens is 171 g/mol. The van der Waals surface area contributed by atoms with Crippen molar-refractivity contribution in [1.82, 2.24) is 0 Å². The third-order valence-electron chi connectivity index (χ3n) is 2.25. The molecule has 0 N–H and O–H groups in total. The van der Waals surface area contributed by atoms with E-state index in [0.29, 0.717) is 6.42 Å². The zero-order valence-electron chi connectivity index (χ0n) is 9.00. The highest BCUT2D eigenvalue weighted by atomic mass is 16.1. The highest BCUT2D eigenvalue weighted by Crippen LogP contribution is 2.13. The first kappa shape index (κ1) is 10.8. The fraction of sp³-hybridized carbons (Fsp3) is 0.250. The van der Waals surface area contributed by atoms with Gasteiger partial charge in [-0.05, 0) is 30.5 Å². The second-order valence-corrected chi connectivity index (χ2v) is 3.62. The number of carbonyl (C=O) groups excluding carboxylic acids is 1. The fourth-order valence-corrected chi connectivity index (χ4v) is 1.70. The van der Waals surface area contributed by atoms with Crippen molar-refractivity contribution in [3.63, 3.8) is 0 Å². The Morgan fingerprint density at radius 3 is 2.36 bits per heavy atom. The third-order valence-corrected chi connectivity index (χ3v) is 2.25. The first-order valence-electron chi connectivity index (χ1n) is 4.83. The molecule has 0 saturated heterocycles. The van der Waals surface area contributed by atoms with E-state index in [2.05, 4.69) is 33.8 Å². The van der Waals surface area contributed by atoms with E-state index in [-0.39, 0.29) is 0 Å². The van der Waals surface area contributed by atoms with Crippen LogP contribution >= 0.6 is 0 Å². The van der Waals surface area contributed by atoms with Gasteiger partial charge in [-0.3, -0.25) is 0 Å². The normalized spacial score (nSPS) is 10.7. The number of carbonyl (C=O) groups is 1. The van der Waals surface area contributed by atoms with Crippen LogP contribution in [0.5, 0.6) is 0 Å². The maximum absolute atomic E-state index is 10.2. The summed E-state index contributed by atoms with van der Waals surface area (Å²) in [6.45, 7) is 4.20. The van der Waals surface area contributed by atoms with Crippen LogP contribution in [0.15, 0.2) is 18.2 Å². The van der Waals surface area contributed by atoms with Crippen molar-refractivity contribution >= 4 is 25.7 Å². The molecule has 1 rings (SSSR count). The van der Waals surface area contributed by atoms with E-state index >= 15 is 0 Å². The van der Waals surface area contributed by atoms with Gasteiger partial charge in [-0.2, -0.15) is 0 Å². The highest BCUT2D eigenvalue weighted by Gasteiger charge is 1.99. The maximum Gasteiger partial charge on any atom is 0.139 e. The minimum absolute atomic E-state index is 0.493. The lowest BCUT2D eigenvalue weighted by molar-refractivity contribution is -0.107. The third kappa shape index (κ3) is 2.59. The molecule has 0 aliphatic carbocycles. The van der Waals surface area contributed by atoms with Crippen molar-refractivity contribution in [2.24, 2.45) is 0 Å². The summed E-state index contributed by atoms with van der Waals surface area (Å²) >= 11 is 0. The van der Waals surface area contributed by atoms with E-state index < -0.39 is 0 Å². The number of hydrogen-bond acceptors (Lipinski definition) is 1. The molecule has 0 bridgehead atoms. The summed E-state index contributed by atoms with van der Waals surface area (Å²) in [6.07, 6.45) is 5.33. The van der Waals surface area contributed by atoms with Crippen molar-refractivity contribution in [3.8, 4) is 0 Å². The van der Waals surface area contributed by atoms with E-state index in [4.69, 9.17) is 0 Å². The number of aldehydes is 1. The van der Waals surface area contributed by atoms with Gasteiger partial charge in [-0.15, -0.1) is 0 Å². The van der Waals surface area contributed by atoms with Gasteiger partial charge in [0.1, 0.15) is 14.1 Å². The van der Waals surface area contributed by atoms with Gasteiger partial charge in [0.25, 0.3) is 0 Å². The number of rotatable bonds is 3. The van der Waals surface area contributed by atoms with Gasteiger partial charge in [0, 0.05) is 6.42 Å². The Kier molecular flexibility index (Phi) is 3.69. The Balaban J connectivity index is 3.02. The molecule has 0 spiro atoms. The molecule has 0 heterocycles. The summed E-state index contributed by atoms with van der Waals surface area (Å²) in [6, 6.07) is 4.32. The van der Waals surface area contributed by atoms with E-state index in [1.807, 2.05) is 12.2 Å². The molecule has 14 heavy (non-hydrogen) atoms. The number of aryl methyl sites for hydroxylation is 2. The van der Waals surface area contributed by atoms with Gasteiger partial charge in [-0.25, -0.2) is 0 Å². The van der Waals surface area contributed by atoms with Crippen LogP contribution in [0.3, 0.4) is 0 Å². The van der Waals surface area contributed by atoms with E-state index in [1.54, 1.807) is 0 Å². The predicted octanol–water partition coefficient (Wildman–Crippen LogP) is 1.16. The lowest BCUT2D eigenvalue weighted by Gasteiger charge is -2.06. The van der Waals surface area contributed by atoms with Crippen LogP contribution in [0.1, 0.15) is 23.1 Å². The molecule has 0 amide bonds. The van der Waals surface area contributed by atoms with Crippen LogP contribution in [-0.4, -0.2) is 14.1 Å². The molecule has 0 aliphatic heterocycles. The van der Waals surface area contributed by atoms with E-state index in [0.717, 1.165) is 6.29 Å². The Labute approximate surface area is 86.2 Å². The summed E-state index contributed by atoms with van der Waals surface area (Å²) < 4.78 is 0. The average Bonchev–Trinajstić information content (AvgIpc) is 2.09. The van der Waals surface area contributed by atoms with Crippen molar-refractivity contribution < 1.29 is 4.79 Å². The SMILES string of the molecule is Bc1cc(C)c(/C=C/CC=O)c(C)c1. The maximum atomic E-state index is 10.2. The minimum atomic E-state index is 0.493. The zero-order valence-corrected chi connectivity index (χ0v) is 9.00. The molecule has 0 aromatic heterocycles. The minimum Gasteiger partial charge on any atom is -0.303 e. The Morgan fingerprint density at radius 1 is 1.29 bits per heavy atom. The molecule has 1 aromatic carbocycles. The standard InChI is InChI=1S/C12H15BO/c1-9-7-11(13)8-10(2)12(9)5-3-4-6-14/h3,5-8H,4,13H2,1-2H3/b5-3+. The monoisotopic (exact) mass is 186 g/mol. The first-order valence-corrected chi connectivity index (χ1v) is 4.83. The molecule has 0 unspecified atom stereocenters. The van der Waals surface area contributed by atoms with Crippen molar-refractivity contribution in [3.05, 3.63) is 34.9 Å². The van der Waals surface area contributed by atoms with E-state index in [1.165, 1.54) is 22.2 Å². The van der Waals surface area contributed by atoms with Gasteiger partial charge in [0.2, 0.25) is 0 Å². The molecular formula is C12H15BO. The molecule has 0 saturated carbocycles. The second-order valence-electron chi connectivity index (χ2n) is 3.62. The molecule has 1 aromatic rings. The molecule has 0 fully saturated rings. The first-order chi connectivity index (χ1) is 6.65. The van der Waals surface area contributed by atoms with Gasteiger partial charge >= 0.3 is 0 Å². The number of allylic oxidation sites excluding steroid dienone is 1. The van der Waals surface area contributed by atoms with Crippen LogP contribution in [-0.2, 0) is 4.79 Å². The Hall–Kier alpha value is -1.31. The van der Waals surface area contributed by atoms with Crippen molar-refractivity contribution in [2.75, 3.05) is 0 Å². The van der Waals surface area contributed by atoms with Crippen LogP contribution in [0.25, 0.3) is 6.08 Å². The van der Waals surface area contributed by atoms with Crippen LogP contribution in [0, 0.1) is 13.8 Å². The summed E-state index contributed by atoms with van der Waals surface area (Å²) in [4.78, 5) is 10.2. The number of hydrogen-bond donors (Lipinski definition) is 0. The highest BCUT2D eigenvalue weighted by molar-refractivity contribution is 6.32. The Morgan fingerprint density at radius 2 is 1.86 bits per heavy atom. The molecule has 0 atom stereocenters. The average molecular weight is 186 g/mol. The summed E-state index contributed by atoms with van der Waals surface area (Å²) in [5.74, 6) is 0. The zero-order chi connectivity index (χ0) is 10.6. The van der Waals surface area contributed by atoms with Gasteiger partial charge in [0.15, 0.2) is 0 Å². The lowest BCUT2D eigenvalue weighted by atomic mass is 9.89. The largest absolute Gasteiger partial charge is 0.303 e. The smallest absolute Gasteiger partial charge is 0.139 e. The molecule has 2 heteroatoms. The van der Waals surface area contributed by atoms with Crippen LogP contribution in [0.4, 0.5) is 0 Å².